The molecule has 1 unspecified atom stereocenters. The number of benzene rings is 1. The summed E-state index contributed by atoms with van der Waals surface area (Å²) in [5.41, 5.74) is 2.10. The zero-order chi connectivity index (χ0) is 18.4. The number of aryl methyl sites for hydroxylation is 1. The fourth-order valence-electron chi connectivity index (χ4n) is 3.09. The molecule has 1 aromatic carbocycles. The Kier molecular flexibility index (Phi) is 12.2. The highest BCUT2D eigenvalue weighted by molar-refractivity contribution is 7.50. The molecule has 0 aromatic heterocycles. The second kappa shape index (κ2) is 13.6. The van der Waals surface area contributed by atoms with E-state index in [1.54, 1.807) is 6.92 Å². The summed E-state index contributed by atoms with van der Waals surface area (Å²) in [7, 11) is -3.73. The molecule has 0 saturated heterocycles. The summed E-state index contributed by atoms with van der Waals surface area (Å²) in [6, 6.07) is 7.93. The number of hydrogen-bond donors (Lipinski definition) is 0. The van der Waals surface area contributed by atoms with Gasteiger partial charge in [0.1, 0.15) is 7.60 Å². The summed E-state index contributed by atoms with van der Waals surface area (Å²) in [5.74, 6) is 0. The Labute approximate surface area is 154 Å². The van der Waals surface area contributed by atoms with Crippen LogP contribution >= 0.6 is 7.60 Å². The third kappa shape index (κ3) is 11.6. The Bertz CT molecular complexity index is 484. The number of hydrogen-bond acceptors (Lipinski definition) is 3. The molecule has 0 saturated carbocycles. The molecular formula is C21H36O3P-. The second-order valence-corrected chi connectivity index (χ2v) is 8.73. The number of unbranched alkanes of at least 4 members (excludes halogenated alkanes) is 9. The quantitative estimate of drug-likeness (QED) is 0.272. The molecule has 0 aliphatic rings. The van der Waals surface area contributed by atoms with Gasteiger partial charge in [-0.2, -0.15) is 0 Å². The third-order valence-electron chi connectivity index (χ3n) is 4.54. The van der Waals surface area contributed by atoms with Gasteiger partial charge in [0, 0.05) is 6.16 Å². The maximum Gasteiger partial charge on any atom is 0.139 e. The zero-order valence-electron chi connectivity index (χ0n) is 16.2. The van der Waals surface area contributed by atoms with Gasteiger partial charge in [0.05, 0.1) is 6.61 Å². The SMILES string of the molecule is CCCCCCCCCCCCc1ccc(CP(=O)([O-])OCC)cc1. The van der Waals surface area contributed by atoms with E-state index in [-0.39, 0.29) is 12.8 Å². The summed E-state index contributed by atoms with van der Waals surface area (Å²) in [6.45, 7) is 4.16. The van der Waals surface area contributed by atoms with Crippen LogP contribution in [0.4, 0.5) is 0 Å². The van der Waals surface area contributed by atoms with E-state index < -0.39 is 7.60 Å². The fourth-order valence-corrected chi connectivity index (χ4v) is 4.24. The van der Waals surface area contributed by atoms with Crippen molar-refractivity contribution in [2.24, 2.45) is 0 Å². The minimum absolute atomic E-state index is 0.0145. The molecule has 0 aliphatic heterocycles. The summed E-state index contributed by atoms with van der Waals surface area (Å²) >= 11 is 0. The van der Waals surface area contributed by atoms with Crippen molar-refractivity contribution in [1.82, 2.24) is 0 Å². The van der Waals surface area contributed by atoms with Gasteiger partial charge in [0.25, 0.3) is 0 Å². The first-order valence-electron chi connectivity index (χ1n) is 10.1. The van der Waals surface area contributed by atoms with Gasteiger partial charge in [-0.1, -0.05) is 89.0 Å². The van der Waals surface area contributed by atoms with E-state index in [4.69, 9.17) is 4.52 Å². The second-order valence-electron chi connectivity index (χ2n) is 6.94. The van der Waals surface area contributed by atoms with Gasteiger partial charge < -0.3 is 14.0 Å². The van der Waals surface area contributed by atoms with Gasteiger partial charge >= 0.3 is 0 Å². The largest absolute Gasteiger partial charge is 0.778 e. The molecule has 3 nitrogen and oxygen atoms in total. The molecule has 0 heterocycles. The molecule has 0 aliphatic carbocycles. The predicted octanol–water partition coefficient (Wildman–Crippen LogP) is 6.24. The van der Waals surface area contributed by atoms with Gasteiger partial charge in [0.2, 0.25) is 0 Å². The van der Waals surface area contributed by atoms with E-state index >= 15 is 0 Å². The first-order chi connectivity index (χ1) is 12.1. The van der Waals surface area contributed by atoms with Gasteiger partial charge in [-0.05, 0) is 30.9 Å². The summed E-state index contributed by atoms with van der Waals surface area (Å²) in [6.07, 6.45) is 14.6. The van der Waals surface area contributed by atoms with Crippen molar-refractivity contribution in [3.63, 3.8) is 0 Å². The standard InChI is InChI=1S/C21H37O3P/c1-3-5-6-7-8-9-10-11-12-13-14-20-15-17-21(18-16-20)19-25(22,23)24-4-2/h15-18H,3-14,19H2,1-2H3,(H,22,23)/p-1. The van der Waals surface area contributed by atoms with E-state index in [2.05, 4.69) is 19.1 Å². The van der Waals surface area contributed by atoms with Crippen molar-refractivity contribution in [2.75, 3.05) is 6.61 Å². The van der Waals surface area contributed by atoms with Crippen LogP contribution in [0.3, 0.4) is 0 Å². The Morgan fingerprint density at radius 1 is 0.800 bits per heavy atom. The summed E-state index contributed by atoms with van der Waals surface area (Å²) in [5, 5.41) is 0. The van der Waals surface area contributed by atoms with Crippen LogP contribution in [0.2, 0.25) is 0 Å². The van der Waals surface area contributed by atoms with E-state index in [0.717, 1.165) is 12.0 Å². The van der Waals surface area contributed by atoms with Crippen LogP contribution < -0.4 is 4.89 Å². The van der Waals surface area contributed by atoms with Crippen molar-refractivity contribution >= 4 is 7.60 Å². The molecule has 1 atom stereocenters. The van der Waals surface area contributed by atoms with Crippen LogP contribution in [0.15, 0.2) is 24.3 Å². The average molecular weight is 367 g/mol. The smallest absolute Gasteiger partial charge is 0.139 e. The Morgan fingerprint density at radius 2 is 1.28 bits per heavy atom. The monoisotopic (exact) mass is 367 g/mol. The maximum atomic E-state index is 11.7. The van der Waals surface area contributed by atoms with Gasteiger partial charge in [-0.3, -0.25) is 0 Å². The molecular weight excluding hydrogens is 331 g/mol. The van der Waals surface area contributed by atoms with Crippen molar-refractivity contribution in [3.8, 4) is 0 Å². The van der Waals surface area contributed by atoms with Crippen LogP contribution in [0.5, 0.6) is 0 Å². The highest BCUT2D eigenvalue weighted by atomic mass is 31.2. The van der Waals surface area contributed by atoms with Crippen LogP contribution in [0.1, 0.15) is 89.2 Å². The van der Waals surface area contributed by atoms with Crippen molar-refractivity contribution in [3.05, 3.63) is 35.4 Å². The predicted molar refractivity (Wildman–Crippen MR) is 105 cm³/mol. The molecule has 25 heavy (non-hydrogen) atoms. The highest BCUT2D eigenvalue weighted by Crippen LogP contribution is 2.40. The Balaban J connectivity index is 2.11. The summed E-state index contributed by atoms with van der Waals surface area (Å²) < 4.78 is 16.5. The van der Waals surface area contributed by atoms with Gasteiger partial charge in [-0.15, -0.1) is 0 Å². The van der Waals surface area contributed by atoms with E-state index in [0.29, 0.717) is 0 Å². The van der Waals surface area contributed by atoms with E-state index in [9.17, 15) is 9.46 Å². The molecule has 0 N–H and O–H groups in total. The van der Waals surface area contributed by atoms with Gasteiger partial charge in [0.15, 0.2) is 0 Å². The maximum absolute atomic E-state index is 11.7. The lowest BCUT2D eigenvalue weighted by atomic mass is 10.0. The molecule has 1 rings (SSSR count). The topological polar surface area (TPSA) is 49.4 Å². The van der Waals surface area contributed by atoms with E-state index in [1.807, 2.05) is 12.1 Å². The lowest BCUT2D eigenvalue weighted by molar-refractivity contribution is -0.198. The van der Waals surface area contributed by atoms with Crippen LogP contribution in [0.25, 0.3) is 0 Å². The van der Waals surface area contributed by atoms with Crippen LogP contribution in [-0.4, -0.2) is 6.61 Å². The van der Waals surface area contributed by atoms with Crippen LogP contribution in [-0.2, 0) is 21.7 Å². The first kappa shape index (κ1) is 22.4. The van der Waals surface area contributed by atoms with Gasteiger partial charge in [-0.25, -0.2) is 0 Å². The summed E-state index contributed by atoms with van der Waals surface area (Å²) in [4.78, 5) is 11.7. The third-order valence-corrected chi connectivity index (χ3v) is 5.95. The van der Waals surface area contributed by atoms with Crippen molar-refractivity contribution in [1.29, 1.82) is 0 Å². The lowest BCUT2D eigenvalue weighted by Gasteiger charge is -2.22. The lowest BCUT2D eigenvalue weighted by Crippen LogP contribution is -2.07. The average Bonchev–Trinajstić information content (AvgIpc) is 2.57. The molecule has 0 bridgehead atoms. The molecule has 4 heteroatoms. The molecule has 0 amide bonds. The molecule has 144 valence electrons. The Morgan fingerprint density at radius 3 is 1.80 bits per heavy atom. The van der Waals surface area contributed by atoms with E-state index in [1.165, 1.54) is 69.8 Å². The van der Waals surface area contributed by atoms with Crippen LogP contribution in [0, 0.1) is 0 Å². The Hall–Kier alpha value is -0.630. The number of rotatable bonds is 15. The minimum Gasteiger partial charge on any atom is -0.778 e. The molecule has 0 radical (unpaired) electrons. The van der Waals surface area contributed by atoms with Crippen molar-refractivity contribution in [2.45, 2.75) is 90.6 Å². The van der Waals surface area contributed by atoms with Crippen molar-refractivity contribution < 1.29 is 14.0 Å². The molecule has 0 spiro atoms. The first-order valence-corrected chi connectivity index (χ1v) is 11.8. The fraction of sp³-hybridized carbons (Fsp3) is 0.714. The molecule has 0 fully saturated rings. The minimum atomic E-state index is -3.73. The zero-order valence-corrected chi connectivity index (χ0v) is 17.1. The highest BCUT2D eigenvalue weighted by Gasteiger charge is 2.08. The normalized spacial score (nSPS) is 13.7. The molecule has 1 aromatic rings.